The van der Waals surface area contributed by atoms with E-state index in [0.29, 0.717) is 17.8 Å². The van der Waals surface area contributed by atoms with E-state index in [2.05, 4.69) is 15.7 Å². The van der Waals surface area contributed by atoms with E-state index in [4.69, 9.17) is 5.26 Å². The fourth-order valence-electron chi connectivity index (χ4n) is 1.65. The second-order valence-corrected chi connectivity index (χ2v) is 5.31. The molecule has 0 saturated heterocycles. The Morgan fingerprint density at radius 3 is 2.55 bits per heavy atom. The Hall–Kier alpha value is -2.69. The zero-order valence-electron chi connectivity index (χ0n) is 13.1. The maximum atomic E-state index is 12.0. The molecule has 1 aromatic heterocycles. The molecule has 3 amide bonds. The number of aromatic nitrogens is 2. The van der Waals surface area contributed by atoms with Crippen LogP contribution in [0.5, 0.6) is 0 Å². The molecule has 0 aromatic carbocycles. The highest BCUT2D eigenvalue weighted by atomic mass is 16.2. The van der Waals surface area contributed by atoms with E-state index >= 15 is 0 Å². The first-order valence-electron chi connectivity index (χ1n) is 6.82. The molecule has 0 saturated carbocycles. The number of hydrogen-bond acceptors (Lipinski definition) is 5. The number of urea groups is 1. The Bertz CT molecular complexity index is 685. The summed E-state index contributed by atoms with van der Waals surface area (Å²) in [7, 11) is 0. The van der Waals surface area contributed by atoms with Gasteiger partial charge in [0.1, 0.15) is 18.2 Å². The van der Waals surface area contributed by atoms with E-state index in [1.807, 2.05) is 19.9 Å². The largest absolute Gasteiger partial charge is 0.338 e. The van der Waals surface area contributed by atoms with Crippen LogP contribution in [0, 0.1) is 31.1 Å². The summed E-state index contributed by atoms with van der Waals surface area (Å²) in [6, 6.07) is 1.18. The third-order valence-electron chi connectivity index (χ3n) is 2.97. The second-order valence-electron chi connectivity index (χ2n) is 5.31. The van der Waals surface area contributed by atoms with Gasteiger partial charge in [-0.3, -0.25) is 14.9 Å². The van der Waals surface area contributed by atoms with Gasteiger partial charge in [-0.15, -0.1) is 0 Å². The van der Waals surface area contributed by atoms with Crippen LogP contribution in [0.4, 0.5) is 4.79 Å². The molecule has 0 aliphatic rings. The summed E-state index contributed by atoms with van der Waals surface area (Å²) in [5.74, 6) is -0.425. The molecule has 0 spiro atoms. The number of amides is 3. The third kappa shape index (κ3) is 4.41. The lowest BCUT2D eigenvalue weighted by Crippen LogP contribution is -2.43. The quantitative estimate of drug-likeness (QED) is 0.825. The number of nitriles is 1. The van der Waals surface area contributed by atoms with Crippen LogP contribution < -0.4 is 16.2 Å². The van der Waals surface area contributed by atoms with Gasteiger partial charge in [-0.2, -0.15) is 10.4 Å². The van der Waals surface area contributed by atoms with Gasteiger partial charge in [-0.1, -0.05) is 13.8 Å². The molecule has 1 heterocycles. The SMILES string of the molecule is Cc1nn(CC(=O)NC(=O)NCC(C)C)c(=O)c(C#N)c1C. The van der Waals surface area contributed by atoms with Crippen molar-refractivity contribution < 1.29 is 9.59 Å². The number of imide groups is 1. The van der Waals surface area contributed by atoms with Gasteiger partial charge in [-0.25, -0.2) is 9.48 Å². The van der Waals surface area contributed by atoms with E-state index in [1.165, 1.54) is 0 Å². The summed E-state index contributed by atoms with van der Waals surface area (Å²) in [5.41, 5.74) is 0.264. The average Bonchev–Trinajstić information content (AvgIpc) is 2.43. The number of nitrogens with one attached hydrogen (secondary N) is 2. The van der Waals surface area contributed by atoms with E-state index in [1.54, 1.807) is 13.8 Å². The number of aryl methyl sites for hydroxylation is 1. The monoisotopic (exact) mass is 305 g/mol. The first kappa shape index (κ1) is 17.4. The standard InChI is InChI=1S/C14H19N5O3/c1-8(2)6-16-14(22)17-12(20)7-19-13(21)11(5-15)9(3)10(4)18-19/h8H,6-7H2,1-4H3,(H2,16,17,20,22). The summed E-state index contributed by atoms with van der Waals surface area (Å²) >= 11 is 0. The highest BCUT2D eigenvalue weighted by molar-refractivity contribution is 5.94. The van der Waals surface area contributed by atoms with Crippen LogP contribution in [0.2, 0.25) is 0 Å². The molecule has 22 heavy (non-hydrogen) atoms. The molecule has 0 fully saturated rings. The fourth-order valence-corrected chi connectivity index (χ4v) is 1.65. The summed E-state index contributed by atoms with van der Waals surface area (Å²) in [6.07, 6.45) is 0. The van der Waals surface area contributed by atoms with Crippen LogP contribution in [0.3, 0.4) is 0 Å². The molecule has 8 heteroatoms. The van der Waals surface area contributed by atoms with Gasteiger partial charge < -0.3 is 5.32 Å². The number of nitrogens with zero attached hydrogens (tertiary/aromatic N) is 3. The molecular weight excluding hydrogens is 286 g/mol. The number of rotatable bonds is 4. The van der Waals surface area contributed by atoms with Gasteiger partial charge in [0.05, 0.1) is 5.69 Å². The highest BCUT2D eigenvalue weighted by Crippen LogP contribution is 2.04. The highest BCUT2D eigenvalue weighted by Gasteiger charge is 2.15. The van der Waals surface area contributed by atoms with Crippen molar-refractivity contribution in [1.29, 1.82) is 5.26 Å². The van der Waals surface area contributed by atoms with Gasteiger partial charge in [0.25, 0.3) is 5.56 Å². The molecular formula is C14H19N5O3. The molecule has 1 rings (SSSR count). The van der Waals surface area contributed by atoms with Gasteiger partial charge in [0.2, 0.25) is 5.91 Å². The fraction of sp³-hybridized carbons (Fsp3) is 0.500. The molecule has 1 aromatic rings. The Balaban J connectivity index is 2.82. The smallest absolute Gasteiger partial charge is 0.321 e. The van der Waals surface area contributed by atoms with Gasteiger partial charge in [-0.05, 0) is 25.3 Å². The minimum Gasteiger partial charge on any atom is -0.338 e. The lowest BCUT2D eigenvalue weighted by Gasteiger charge is -2.10. The number of carbonyl (C=O) groups is 2. The first-order chi connectivity index (χ1) is 10.3. The third-order valence-corrected chi connectivity index (χ3v) is 2.97. The first-order valence-corrected chi connectivity index (χ1v) is 6.82. The van der Waals surface area contributed by atoms with E-state index in [0.717, 1.165) is 4.68 Å². The van der Waals surface area contributed by atoms with Crippen molar-refractivity contribution in [2.45, 2.75) is 34.2 Å². The molecule has 0 aliphatic carbocycles. The molecule has 0 radical (unpaired) electrons. The van der Waals surface area contributed by atoms with Crippen LogP contribution in [0.1, 0.15) is 30.7 Å². The maximum absolute atomic E-state index is 12.0. The van der Waals surface area contributed by atoms with E-state index < -0.39 is 24.0 Å². The van der Waals surface area contributed by atoms with Crippen molar-refractivity contribution in [1.82, 2.24) is 20.4 Å². The number of carbonyl (C=O) groups excluding carboxylic acids is 2. The summed E-state index contributed by atoms with van der Waals surface area (Å²) in [5, 5.41) is 17.6. The molecule has 0 atom stereocenters. The van der Waals surface area contributed by atoms with Crippen molar-refractivity contribution >= 4 is 11.9 Å². The summed E-state index contributed by atoms with van der Waals surface area (Å²) in [6.45, 7) is 7.10. The lowest BCUT2D eigenvalue weighted by molar-refractivity contribution is -0.120. The second kappa shape index (κ2) is 7.36. The predicted molar refractivity (Wildman–Crippen MR) is 79.1 cm³/mol. The molecule has 0 bridgehead atoms. The molecule has 2 N–H and O–H groups in total. The topological polar surface area (TPSA) is 117 Å². The molecule has 0 aliphatic heterocycles. The molecule has 0 unspecified atom stereocenters. The van der Waals surface area contributed by atoms with Gasteiger partial charge in [0, 0.05) is 6.54 Å². The van der Waals surface area contributed by atoms with Gasteiger partial charge in [0.15, 0.2) is 0 Å². The minimum atomic E-state index is -0.678. The predicted octanol–water partition coefficient (Wildman–Crippen LogP) is 0.214. The van der Waals surface area contributed by atoms with Crippen LogP contribution >= 0.6 is 0 Å². The van der Waals surface area contributed by atoms with Crippen molar-refractivity contribution in [3.8, 4) is 6.07 Å². The van der Waals surface area contributed by atoms with Gasteiger partial charge >= 0.3 is 6.03 Å². The normalized spacial score (nSPS) is 10.2. The van der Waals surface area contributed by atoms with Crippen molar-refractivity contribution in [3.63, 3.8) is 0 Å². The van der Waals surface area contributed by atoms with Crippen molar-refractivity contribution in [2.24, 2.45) is 5.92 Å². The van der Waals surface area contributed by atoms with Crippen LogP contribution in [-0.4, -0.2) is 28.3 Å². The zero-order chi connectivity index (χ0) is 16.9. The summed E-state index contributed by atoms with van der Waals surface area (Å²) < 4.78 is 0.881. The van der Waals surface area contributed by atoms with Crippen LogP contribution in [0.25, 0.3) is 0 Å². The Morgan fingerprint density at radius 2 is 2.00 bits per heavy atom. The van der Waals surface area contributed by atoms with E-state index in [-0.39, 0.29) is 11.5 Å². The van der Waals surface area contributed by atoms with Crippen molar-refractivity contribution in [3.05, 3.63) is 27.2 Å². The molecule has 118 valence electrons. The Labute approximate surface area is 128 Å². The Morgan fingerprint density at radius 1 is 1.36 bits per heavy atom. The average molecular weight is 305 g/mol. The lowest BCUT2D eigenvalue weighted by atomic mass is 10.1. The molecule has 8 nitrogen and oxygen atoms in total. The van der Waals surface area contributed by atoms with Crippen molar-refractivity contribution in [2.75, 3.05) is 6.54 Å². The van der Waals surface area contributed by atoms with E-state index in [9.17, 15) is 14.4 Å². The maximum Gasteiger partial charge on any atom is 0.321 e. The number of hydrogen-bond donors (Lipinski definition) is 2. The summed E-state index contributed by atoms with van der Waals surface area (Å²) in [4.78, 5) is 35.2. The zero-order valence-corrected chi connectivity index (χ0v) is 13.1. The van der Waals surface area contributed by atoms with Crippen LogP contribution in [0.15, 0.2) is 4.79 Å². The van der Waals surface area contributed by atoms with Crippen LogP contribution in [-0.2, 0) is 11.3 Å². The minimum absolute atomic E-state index is 0.0513. The Kier molecular flexibility index (Phi) is 5.81.